The maximum Gasteiger partial charge on any atom is 0.289 e. The van der Waals surface area contributed by atoms with Crippen LogP contribution in [0.3, 0.4) is 0 Å². The lowest BCUT2D eigenvalue weighted by molar-refractivity contribution is 0.0743. The second kappa shape index (κ2) is 8.54. The van der Waals surface area contributed by atoms with Crippen LogP contribution in [-0.4, -0.2) is 44.3 Å². The number of carbonyl (C=O) groups excluding carboxylic acids is 2. The average molecular weight is 381 g/mol. The van der Waals surface area contributed by atoms with E-state index < -0.39 is 0 Å². The first-order chi connectivity index (χ1) is 13.7. The van der Waals surface area contributed by atoms with Crippen molar-refractivity contribution in [2.45, 2.75) is 58.0 Å². The van der Waals surface area contributed by atoms with Gasteiger partial charge in [-0.25, -0.2) is 4.98 Å². The first kappa shape index (κ1) is 18.7. The molecular weight excluding hydrogens is 354 g/mol. The Morgan fingerprint density at radius 2 is 1.79 bits per heavy atom. The van der Waals surface area contributed by atoms with E-state index in [1.165, 1.54) is 12.8 Å². The molecule has 0 spiro atoms. The fourth-order valence-electron chi connectivity index (χ4n) is 4.06. The van der Waals surface area contributed by atoms with Crippen molar-refractivity contribution in [1.82, 2.24) is 24.8 Å². The minimum atomic E-state index is -0.230. The molecule has 2 aliphatic heterocycles. The minimum Gasteiger partial charge on any atom is -0.345 e. The Morgan fingerprint density at radius 1 is 1.00 bits per heavy atom. The third-order valence-corrected chi connectivity index (χ3v) is 5.57. The SMILES string of the molecule is O=C(NCc1ccccn1)c1nc(C(=O)N2CCCCCC2)n2c1CCCC2. The molecule has 2 aromatic heterocycles. The summed E-state index contributed by atoms with van der Waals surface area (Å²) in [5.74, 6) is 0.166. The number of rotatable bonds is 4. The molecule has 148 valence electrons. The summed E-state index contributed by atoms with van der Waals surface area (Å²) >= 11 is 0. The van der Waals surface area contributed by atoms with E-state index in [0.29, 0.717) is 18.1 Å². The molecule has 0 radical (unpaired) electrons. The number of fused-ring (bicyclic) bond motifs is 1. The topological polar surface area (TPSA) is 80.1 Å². The zero-order valence-corrected chi connectivity index (χ0v) is 16.2. The molecule has 0 unspecified atom stereocenters. The number of amides is 2. The summed E-state index contributed by atoms with van der Waals surface area (Å²) in [6.45, 7) is 2.66. The number of hydrogen-bond donors (Lipinski definition) is 1. The van der Waals surface area contributed by atoms with Crippen molar-refractivity contribution in [3.8, 4) is 0 Å². The standard InChI is InChI=1S/C21H27N5O2/c27-20(23-15-16-9-3-5-11-22-16)18-17-10-4-8-14-26(17)19(24-18)21(28)25-12-6-1-2-7-13-25/h3,5,9,11H,1-2,4,6-8,10,12-15H2,(H,23,27). The Kier molecular flexibility index (Phi) is 5.69. The first-order valence-electron chi connectivity index (χ1n) is 10.3. The van der Waals surface area contributed by atoms with E-state index in [4.69, 9.17) is 0 Å². The highest BCUT2D eigenvalue weighted by molar-refractivity contribution is 5.97. The Morgan fingerprint density at radius 3 is 2.54 bits per heavy atom. The molecule has 7 nitrogen and oxygen atoms in total. The second-order valence-electron chi connectivity index (χ2n) is 7.55. The van der Waals surface area contributed by atoms with E-state index in [1.54, 1.807) is 6.20 Å². The van der Waals surface area contributed by atoms with Crippen molar-refractivity contribution in [2.75, 3.05) is 13.1 Å². The largest absolute Gasteiger partial charge is 0.345 e. The van der Waals surface area contributed by atoms with E-state index in [-0.39, 0.29) is 11.8 Å². The lowest BCUT2D eigenvalue weighted by Gasteiger charge is -2.22. The van der Waals surface area contributed by atoms with Crippen LogP contribution in [0.15, 0.2) is 24.4 Å². The molecule has 7 heteroatoms. The molecule has 0 atom stereocenters. The Labute approximate surface area is 165 Å². The van der Waals surface area contributed by atoms with E-state index in [9.17, 15) is 9.59 Å². The molecule has 2 amide bonds. The van der Waals surface area contributed by atoms with Gasteiger partial charge >= 0.3 is 0 Å². The fourth-order valence-corrected chi connectivity index (χ4v) is 4.06. The van der Waals surface area contributed by atoms with Gasteiger partial charge in [-0.2, -0.15) is 0 Å². The van der Waals surface area contributed by atoms with Gasteiger partial charge < -0.3 is 14.8 Å². The predicted octanol–water partition coefficient (Wildman–Crippen LogP) is 2.56. The number of imidazole rings is 1. The van der Waals surface area contributed by atoms with Gasteiger partial charge in [-0.3, -0.25) is 14.6 Å². The average Bonchev–Trinajstić information content (AvgIpc) is 2.92. The van der Waals surface area contributed by atoms with E-state index in [1.807, 2.05) is 27.7 Å². The monoisotopic (exact) mass is 381 g/mol. The summed E-state index contributed by atoms with van der Waals surface area (Å²) in [7, 11) is 0. The maximum absolute atomic E-state index is 13.1. The maximum atomic E-state index is 13.1. The van der Waals surface area contributed by atoms with Crippen LogP contribution in [0.1, 0.15) is 71.0 Å². The van der Waals surface area contributed by atoms with Gasteiger partial charge in [0, 0.05) is 25.8 Å². The second-order valence-corrected chi connectivity index (χ2v) is 7.55. The van der Waals surface area contributed by atoms with Gasteiger partial charge in [0.25, 0.3) is 11.8 Å². The Bertz CT molecular complexity index is 838. The van der Waals surface area contributed by atoms with Crippen LogP contribution < -0.4 is 5.32 Å². The summed E-state index contributed by atoms with van der Waals surface area (Å²) in [5, 5.41) is 2.90. The minimum absolute atomic E-state index is 0.0335. The van der Waals surface area contributed by atoms with Crippen molar-refractivity contribution in [3.63, 3.8) is 0 Å². The van der Waals surface area contributed by atoms with Gasteiger partial charge in [0.2, 0.25) is 0 Å². The van der Waals surface area contributed by atoms with Gasteiger partial charge in [0.1, 0.15) is 5.69 Å². The van der Waals surface area contributed by atoms with Gasteiger partial charge in [0.15, 0.2) is 5.82 Å². The molecule has 0 bridgehead atoms. The predicted molar refractivity (Wildman–Crippen MR) is 105 cm³/mol. The van der Waals surface area contributed by atoms with Crippen molar-refractivity contribution in [1.29, 1.82) is 0 Å². The number of aromatic nitrogens is 3. The van der Waals surface area contributed by atoms with Gasteiger partial charge in [-0.15, -0.1) is 0 Å². The molecule has 2 aliphatic rings. The normalized spacial score (nSPS) is 16.9. The smallest absolute Gasteiger partial charge is 0.289 e. The molecule has 4 heterocycles. The van der Waals surface area contributed by atoms with E-state index >= 15 is 0 Å². The summed E-state index contributed by atoms with van der Waals surface area (Å²) in [5.41, 5.74) is 2.08. The zero-order chi connectivity index (χ0) is 19.3. The number of likely N-dealkylation sites (tertiary alicyclic amines) is 1. The van der Waals surface area contributed by atoms with E-state index in [0.717, 1.165) is 63.1 Å². The molecular formula is C21H27N5O2. The third kappa shape index (κ3) is 3.93. The molecule has 2 aromatic rings. The lowest BCUT2D eigenvalue weighted by Crippen LogP contribution is -2.34. The highest BCUT2D eigenvalue weighted by Gasteiger charge is 2.30. The number of carbonyl (C=O) groups is 2. The number of hydrogen-bond acceptors (Lipinski definition) is 4. The highest BCUT2D eigenvalue weighted by Crippen LogP contribution is 2.23. The number of nitrogens with one attached hydrogen (secondary N) is 1. The molecule has 0 aromatic carbocycles. The summed E-state index contributed by atoms with van der Waals surface area (Å²) < 4.78 is 1.98. The molecule has 1 fully saturated rings. The lowest BCUT2D eigenvalue weighted by atomic mass is 10.1. The van der Waals surface area contributed by atoms with Gasteiger partial charge in [0.05, 0.1) is 17.9 Å². The molecule has 28 heavy (non-hydrogen) atoms. The Hall–Kier alpha value is -2.70. The van der Waals surface area contributed by atoms with Crippen LogP contribution in [0.2, 0.25) is 0 Å². The molecule has 1 saturated heterocycles. The molecule has 4 rings (SSSR count). The van der Waals surface area contributed by atoms with Crippen molar-refractivity contribution in [3.05, 3.63) is 47.3 Å². The summed E-state index contributed by atoms with van der Waals surface area (Å²) in [6, 6.07) is 5.61. The van der Waals surface area contributed by atoms with Gasteiger partial charge in [-0.1, -0.05) is 18.9 Å². The fraction of sp³-hybridized carbons (Fsp3) is 0.524. The molecule has 0 saturated carbocycles. The summed E-state index contributed by atoms with van der Waals surface area (Å²) in [6.07, 6.45) is 8.94. The van der Waals surface area contributed by atoms with Crippen LogP contribution in [0.4, 0.5) is 0 Å². The summed E-state index contributed by atoms with van der Waals surface area (Å²) in [4.78, 5) is 36.7. The highest BCUT2D eigenvalue weighted by atomic mass is 16.2. The van der Waals surface area contributed by atoms with Crippen LogP contribution >= 0.6 is 0 Å². The quantitative estimate of drug-likeness (QED) is 0.883. The van der Waals surface area contributed by atoms with Crippen LogP contribution in [-0.2, 0) is 19.5 Å². The zero-order valence-electron chi connectivity index (χ0n) is 16.2. The van der Waals surface area contributed by atoms with Crippen LogP contribution in [0.5, 0.6) is 0 Å². The first-order valence-corrected chi connectivity index (χ1v) is 10.3. The Balaban J connectivity index is 1.56. The van der Waals surface area contributed by atoms with Crippen LogP contribution in [0.25, 0.3) is 0 Å². The van der Waals surface area contributed by atoms with Crippen LogP contribution in [0, 0.1) is 0 Å². The third-order valence-electron chi connectivity index (χ3n) is 5.57. The molecule has 0 aliphatic carbocycles. The van der Waals surface area contributed by atoms with Crippen molar-refractivity contribution in [2.24, 2.45) is 0 Å². The van der Waals surface area contributed by atoms with E-state index in [2.05, 4.69) is 15.3 Å². The number of nitrogens with zero attached hydrogens (tertiary/aromatic N) is 4. The van der Waals surface area contributed by atoms with Crippen molar-refractivity contribution < 1.29 is 9.59 Å². The molecule has 1 N–H and O–H groups in total. The van der Waals surface area contributed by atoms with Gasteiger partial charge in [-0.05, 0) is 44.2 Å². The van der Waals surface area contributed by atoms with Crippen molar-refractivity contribution >= 4 is 11.8 Å². The number of pyridine rings is 1.